The minimum absolute atomic E-state index is 0.149. The number of nitrogens with zero attached hydrogens (tertiary/aromatic N) is 1. The van der Waals surface area contributed by atoms with Crippen molar-refractivity contribution in [2.24, 2.45) is 10.9 Å². The highest BCUT2D eigenvalue weighted by Crippen LogP contribution is 2.42. The van der Waals surface area contributed by atoms with Crippen molar-refractivity contribution in [2.45, 2.75) is 38.1 Å². The van der Waals surface area contributed by atoms with Crippen LogP contribution in [0.5, 0.6) is 0 Å². The van der Waals surface area contributed by atoms with Gasteiger partial charge in [-0.25, -0.2) is 4.39 Å². The number of benzene rings is 1. The minimum Gasteiger partial charge on any atom is -0.334 e. The number of rotatable bonds is 1. The Kier molecular flexibility index (Phi) is 4.26. The number of hydrogen-bond donors (Lipinski definition) is 1. The fourth-order valence-corrected chi connectivity index (χ4v) is 4.90. The van der Waals surface area contributed by atoms with Gasteiger partial charge in [-0.3, -0.25) is 4.99 Å². The zero-order valence-electron chi connectivity index (χ0n) is 11.5. The molecule has 20 heavy (non-hydrogen) atoms. The first kappa shape index (κ1) is 14.6. The molecule has 0 aromatic heterocycles. The van der Waals surface area contributed by atoms with E-state index >= 15 is 0 Å². The van der Waals surface area contributed by atoms with Gasteiger partial charge in [0, 0.05) is 9.32 Å². The molecule has 1 aromatic carbocycles. The number of hydrogen-bond acceptors (Lipinski definition) is 3. The number of anilines is 1. The molecule has 1 spiro atoms. The molecule has 1 saturated carbocycles. The van der Waals surface area contributed by atoms with Crippen molar-refractivity contribution >= 4 is 45.2 Å². The van der Waals surface area contributed by atoms with E-state index in [0.717, 1.165) is 26.1 Å². The summed E-state index contributed by atoms with van der Waals surface area (Å²) in [7, 11) is 0. The molecule has 1 aliphatic carbocycles. The minimum atomic E-state index is -0.196. The van der Waals surface area contributed by atoms with Crippen LogP contribution >= 0.6 is 34.4 Å². The van der Waals surface area contributed by atoms with Crippen molar-refractivity contribution in [2.75, 3.05) is 11.1 Å². The SMILES string of the molecule is CC1CCCC2(CSC(Nc3ccc(F)cc3I)=N2)C1. The van der Waals surface area contributed by atoms with Crippen molar-refractivity contribution in [3.8, 4) is 0 Å². The highest BCUT2D eigenvalue weighted by Gasteiger charge is 2.39. The molecule has 2 atom stereocenters. The maximum absolute atomic E-state index is 13.1. The molecule has 0 saturated heterocycles. The highest BCUT2D eigenvalue weighted by molar-refractivity contribution is 14.1. The van der Waals surface area contributed by atoms with Crippen LogP contribution in [-0.2, 0) is 0 Å². The molecular formula is C15H18FIN2S. The van der Waals surface area contributed by atoms with Gasteiger partial charge >= 0.3 is 0 Å². The van der Waals surface area contributed by atoms with Crippen molar-refractivity contribution < 1.29 is 4.39 Å². The van der Waals surface area contributed by atoms with Gasteiger partial charge in [-0.2, -0.15) is 0 Å². The normalized spacial score (nSPS) is 29.6. The monoisotopic (exact) mass is 404 g/mol. The Morgan fingerprint density at radius 2 is 2.35 bits per heavy atom. The van der Waals surface area contributed by atoms with Gasteiger partial charge in [0.15, 0.2) is 5.17 Å². The zero-order valence-corrected chi connectivity index (χ0v) is 14.4. The van der Waals surface area contributed by atoms with E-state index in [1.54, 1.807) is 23.9 Å². The molecule has 1 fully saturated rings. The van der Waals surface area contributed by atoms with Gasteiger partial charge in [-0.05, 0) is 59.5 Å². The molecule has 5 heteroatoms. The Bertz CT molecular complexity index is 549. The van der Waals surface area contributed by atoms with Gasteiger partial charge in [0.25, 0.3) is 0 Å². The van der Waals surface area contributed by atoms with Gasteiger partial charge in [0.1, 0.15) is 5.82 Å². The van der Waals surface area contributed by atoms with Gasteiger partial charge in [-0.15, -0.1) is 0 Å². The number of thioether (sulfide) groups is 1. The van der Waals surface area contributed by atoms with Crippen LogP contribution in [0.1, 0.15) is 32.6 Å². The zero-order chi connectivity index (χ0) is 14.2. The van der Waals surface area contributed by atoms with E-state index in [1.165, 1.54) is 31.7 Å². The Morgan fingerprint density at radius 3 is 3.10 bits per heavy atom. The van der Waals surface area contributed by atoms with Gasteiger partial charge in [0.2, 0.25) is 0 Å². The fourth-order valence-electron chi connectivity index (χ4n) is 3.12. The molecule has 1 aliphatic heterocycles. The van der Waals surface area contributed by atoms with Gasteiger partial charge in [0.05, 0.1) is 11.2 Å². The molecule has 0 radical (unpaired) electrons. The molecule has 0 amide bonds. The van der Waals surface area contributed by atoms with E-state index in [4.69, 9.17) is 4.99 Å². The standard InChI is InChI=1S/C15H18FIN2S/c1-10-3-2-6-15(8-10)9-20-14(19-15)18-13-5-4-11(16)7-12(13)17/h4-5,7,10H,2-3,6,8-9H2,1H3,(H,18,19). The van der Waals surface area contributed by atoms with Crippen LogP contribution in [0.25, 0.3) is 0 Å². The average Bonchev–Trinajstić information content (AvgIpc) is 2.75. The predicted octanol–water partition coefficient (Wildman–Crippen LogP) is 4.89. The predicted molar refractivity (Wildman–Crippen MR) is 93.0 cm³/mol. The lowest BCUT2D eigenvalue weighted by atomic mass is 9.78. The Labute approximate surface area is 137 Å². The van der Waals surface area contributed by atoms with Crippen LogP contribution in [0.15, 0.2) is 23.2 Å². The van der Waals surface area contributed by atoms with E-state index in [-0.39, 0.29) is 11.4 Å². The van der Waals surface area contributed by atoms with E-state index in [0.29, 0.717) is 0 Å². The Hall–Kier alpha value is -0.300. The second-order valence-electron chi connectivity index (χ2n) is 5.88. The Morgan fingerprint density at radius 1 is 1.50 bits per heavy atom. The average molecular weight is 404 g/mol. The van der Waals surface area contributed by atoms with Gasteiger partial charge in [-0.1, -0.05) is 31.5 Å². The smallest absolute Gasteiger partial charge is 0.161 e. The molecule has 1 N–H and O–H groups in total. The summed E-state index contributed by atoms with van der Waals surface area (Å²) in [4.78, 5) is 4.96. The van der Waals surface area contributed by atoms with Crippen molar-refractivity contribution in [3.63, 3.8) is 0 Å². The number of halogens is 2. The summed E-state index contributed by atoms with van der Waals surface area (Å²) in [6.45, 7) is 2.33. The van der Waals surface area contributed by atoms with Crippen LogP contribution in [0, 0.1) is 15.3 Å². The maximum Gasteiger partial charge on any atom is 0.161 e. The third-order valence-electron chi connectivity index (χ3n) is 4.06. The third kappa shape index (κ3) is 3.13. The molecule has 108 valence electrons. The topological polar surface area (TPSA) is 24.4 Å². The summed E-state index contributed by atoms with van der Waals surface area (Å²) in [5, 5.41) is 4.35. The first-order valence-electron chi connectivity index (χ1n) is 7.01. The second-order valence-corrected chi connectivity index (χ2v) is 8.01. The third-order valence-corrected chi connectivity index (χ3v) is 6.10. The number of amidine groups is 1. The van der Waals surface area contributed by atoms with Crippen LogP contribution in [-0.4, -0.2) is 16.5 Å². The summed E-state index contributed by atoms with van der Waals surface area (Å²) in [5.74, 6) is 1.66. The molecule has 1 aromatic rings. The molecular weight excluding hydrogens is 386 g/mol. The lowest BCUT2D eigenvalue weighted by Gasteiger charge is -2.33. The number of aliphatic imine (C=N–C) groups is 1. The maximum atomic E-state index is 13.1. The summed E-state index contributed by atoms with van der Waals surface area (Å²) >= 11 is 3.95. The largest absolute Gasteiger partial charge is 0.334 e. The Balaban J connectivity index is 1.75. The molecule has 3 rings (SSSR count). The first-order chi connectivity index (χ1) is 9.56. The number of nitrogens with one attached hydrogen (secondary N) is 1. The van der Waals surface area contributed by atoms with Crippen LogP contribution < -0.4 is 5.32 Å². The second kappa shape index (κ2) is 5.83. The van der Waals surface area contributed by atoms with E-state index in [9.17, 15) is 4.39 Å². The lowest BCUT2D eigenvalue weighted by molar-refractivity contribution is 0.266. The molecule has 0 bridgehead atoms. The van der Waals surface area contributed by atoms with E-state index in [2.05, 4.69) is 34.8 Å². The molecule has 2 aliphatic rings. The van der Waals surface area contributed by atoms with Crippen LogP contribution in [0.2, 0.25) is 0 Å². The molecule has 2 nitrogen and oxygen atoms in total. The fraction of sp³-hybridized carbons (Fsp3) is 0.533. The summed E-state index contributed by atoms with van der Waals surface area (Å²) in [6.07, 6.45) is 5.02. The molecule has 2 unspecified atom stereocenters. The lowest BCUT2D eigenvalue weighted by Crippen LogP contribution is -2.33. The quantitative estimate of drug-likeness (QED) is 0.674. The molecule has 1 heterocycles. The first-order valence-corrected chi connectivity index (χ1v) is 9.07. The van der Waals surface area contributed by atoms with Crippen molar-refractivity contribution in [1.82, 2.24) is 0 Å². The van der Waals surface area contributed by atoms with E-state index in [1.807, 2.05) is 0 Å². The summed E-state index contributed by atoms with van der Waals surface area (Å²) in [6, 6.07) is 4.82. The van der Waals surface area contributed by atoms with Crippen LogP contribution in [0.4, 0.5) is 10.1 Å². The highest BCUT2D eigenvalue weighted by atomic mass is 127. The summed E-state index contributed by atoms with van der Waals surface area (Å²) in [5.41, 5.74) is 1.09. The van der Waals surface area contributed by atoms with Gasteiger partial charge < -0.3 is 5.32 Å². The summed E-state index contributed by atoms with van der Waals surface area (Å²) < 4.78 is 14.0. The van der Waals surface area contributed by atoms with Crippen molar-refractivity contribution in [1.29, 1.82) is 0 Å². The van der Waals surface area contributed by atoms with E-state index < -0.39 is 0 Å². The van der Waals surface area contributed by atoms with Crippen molar-refractivity contribution in [3.05, 3.63) is 27.6 Å². The van der Waals surface area contributed by atoms with Crippen LogP contribution in [0.3, 0.4) is 0 Å².